The second-order valence-electron chi connectivity index (χ2n) is 26.8. The predicted molar refractivity (Wildman–Crippen MR) is 387 cm³/mol. The Balaban J connectivity index is 1.65. The van der Waals surface area contributed by atoms with Crippen molar-refractivity contribution < 1.29 is 64.6 Å². The van der Waals surface area contributed by atoms with Gasteiger partial charge in [-0.3, -0.25) is 4.79 Å². The Labute approximate surface area is 573 Å². The van der Waals surface area contributed by atoms with Crippen LogP contribution in [0.2, 0.25) is 0 Å². The van der Waals surface area contributed by atoms with Crippen LogP contribution in [0.5, 0.6) is 0 Å². The lowest BCUT2D eigenvalue weighted by atomic mass is 9.97. The van der Waals surface area contributed by atoms with Gasteiger partial charge in [0, 0.05) is 6.42 Å². The van der Waals surface area contributed by atoms with Crippen LogP contribution >= 0.6 is 0 Å². The van der Waals surface area contributed by atoms with Crippen LogP contribution in [0.25, 0.3) is 0 Å². The summed E-state index contributed by atoms with van der Waals surface area (Å²) in [5, 5.41) is 87.6. The summed E-state index contributed by atoms with van der Waals surface area (Å²) in [6.07, 6.45) is 73.2. The topological polar surface area (TPSA) is 228 Å². The summed E-state index contributed by atoms with van der Waals surface area (Å²) in [5.74, 6) is -0.243. The molecule has 0 aromatic rings. The van der Waals surface area contributed by atoms with Gasteiger partial charge in [-0.25, -0.2) is 0 Å². The van der Waals surface area contributed by atoms with Crippen molar-refractivity contribution in [1.82, 2.24) is 5.32 Å². The lowest BCUT2D eigenvalue weighted by molar-refractivity contribution is -0.359. The molecule has 0 aromatic carbocycles. The first-order valence-electron chi connectivity index (χ1n) is 38.5. The highest BCUT2D eigenvalue weighted by molar-refractivity contribution is 5.76. The number of nitrogens with one attached hydrogen (secondary N) is 1. The number of aliphatic hydroxyl groups excluding tert-OH is 8. The van der Waals surface area contributed by atoms with Crippen molar-refractivity contribution in [1.29, 1.82) is 0 Å². The minimum Gasteiger partial charge on any atom is -0.394 e. The first-order valence-corrected chi connectivity index (χ1v) is 38.5. The Morgan fingerprint density at radius 3 is 1.13 bits per heavy atom. The van der Waals surface area contributed by atoms with Crippen LogP contribution in [-0.2, 0) is 23.7 Å². The Morgan fingerprint density at radius 1 is 0.394 bits per heavy atom. The second-order valence-corrected chi connectivity index (χ2v) is 26.8. The standard InChI is InChI=1S/C80H141NO13/c1-3-5-7-9-11-13-15-17-19-21-23-25-27-29-31-32-33-34-35-36-38-40-42-44-46-48-50-52-54-56-58-60-62-64-72(85)81-68(67-91-79-77(90)75(88)78(71(66-83)93-79)94-80-76(89)74(87)73(86)70(65-82)92-80)69(84)63-61-59-57-55-53-51-49-47-45-43-41-39-37-30-28-26-24-22-20-18-16-14-12-10-8-6-4-2/h5,7,11,13,17,19,23,25,29,31,33-34,36,38,61,63,68-71,73-80,82-84,86-90H,3-4,6,8-10,12,14-16,18,20-22,24,26-28,30,32,35,37,39-60,62,64-67H2,1-2H3,(H,81,85)/b7-5-,13-11-,19-17-,25-23-,31-29-,34-33-,38-36-,63-61+. The maximum atomic E-state index is 13.4. The third-order valence-electron chi connectivity index (χ3n) is 18.3. The molecule has 12 unspecified atom stereocenters. The molecule has 2 fully saturated rings. The van der Waals surface area contributed by atoms with E-state index in [0.29, 0.717) is 6.42 Å². The van der Waals surface area contributed by atoms with Gasteiger partial charge in [-0.1, -0.05) is 323 Å². The molecule has 0 bridgehead atoms. The maximum absolute atomic E-state index is 13.4. The Hall–Kier alpha value is -3.09. The first kappa shape index (κ1) is 87.0. The molecule has 0 spiro atoms. The van der Waals surface area contributed by atoms with E-state index in [9.17, 15) is 45.6 Å². The zero-order chi connectivity index (χ0) is 68.0. The first-order chi connectivity index (χ1) is 46.1. The van der Waals surface area contributed by atoms with Crippen LogP contribution in [0.15, 0.2) is 97.2 Å². The highest BCUT2D eigenvalue weighted by atomic mass is 16.7. The van der Waals surface area contributed by atoms with Gasteiger partial charge < -0.3 is 65.1 Å². The molecule has 2 saturated heterocycles. The highest BCUT2D eigenvalue weighted by Gasteiger charge is 2.51. The Morgan fingerprint density at radius 2 is 0.734 bits per heavy atom. The number of carbonyl (C=O) groups is 1. The second kappa shape index (κ2) is 63.4. The van der Waals surface area contributed by atoms with Gasteiger partial charge in [0.15, 0.2) is 12.6 Å². The largest absolute Gasteiger partial charge is 0.394 e. The summed E-state index contributed by atoms with van der Waals surface area (Å²) in [5.41, 5.74) is 0. The van der Waals surface area contributed by atoms with Crippen molar-refractivity contribution >= 4 is 5.91 Å². The summed E-state index contributed by atoms with van der Waals surface area (Å²) in [6, 6.07) is -0.924. The molecular formula is C80H141NO13. The van der Waals surface area contributed by atoms with E-state index in [1.54, 1.807) is 6.08 Å². The molecule has 12 atom stereocenters. The predicted octanol–water partition coefficient (Wildman–Crippen LogP) is 16.9. The number of hydrogen-bond acceptors (Lipinski definition) is 13. The number of hydrogen-bond donors (Lipinski definition) is 9. The molecule has 14 heteroatoms. The minimum atomic E-state index is -1.79. The number of aliphatic hydroxyl groups is 8. The van der Waals surface area contributed by atoms with Gasteiger partial charge in [0.05, 0.1) is 32.0 Å². The minimum absolute atomic E-state index is 0.243. The van der Waals surface area contributed by atoms with Crippen LogP contribution in [0, 0.1) is 0 Å². The monoisotopic (exact) mass is 1320 g/mol. The summed E-state index contributed by atoms with van der Waals surface area (Å²) >= 11 is 0. The molecule has 94 heavy (non-hydrogen) atoms. The van der Waals surface area contributed by atoms with Gasteiger partial charge in [0.2, 0.25) is 5.91 Å². The van der Waals surface area contributed by atoms with Gasteiger partial charge >= 0.3 is 0 Å². The fourth-order valence-corrected chi connectivity index (χ4v) is 12.2. The number of carbonyl (C=O) groups excluding carboxylic acids is 1. The van der Waals surface area contributed by atoms with E-state index >= 15 is 0 Å². The number of amides is 1. The summed E-state index contributed by atoms with van der Waals surface area (Å²) in [4.78, 5) is 13.4. The molecule has 0 aromatic heterocycles. The lowest BCUT2D eigenvalue weighted by Crippen LogP contribution is -2.65. The normalized spacial score (nSPS) is 23.0. The van der Waals surface area contributed by atoms with Crippen molar-refractivity contribution in [2.24, 2.45) is 0 Å². The molecular weight excluding hydrogens is 1180 g/mol. The molecule has 2 aliphatic heterocycles. The van der Waals surface area contributed by atoms with E-state index in [1.807, 2.05) is 6.08 Å². The average molecular weight is 1330 g/mol. The van der Waals surface area contributed by atoms with Crippen molar-refractivity contribution in [3.63, 3.8) is 0 Å². The quantitative estimate of drug-likeness (QED) is 0.0204. The van der Waals surface area contributed by atoms with Gasteiger partial charge in [0.25, 0.3) is 0 Å². The van der Waals surface area contributed by atoms with Crippen molar-refractivity contribution in [3.05, 3.63) is 97.2 Å². The van der Waals surface area contributed by atoms with Crippen LogP contribution in [0.4, 0.5) is 0 Å². The Kier molecular flexibility index (Phi) is 58.6. The number of allylic oxidation sites excluding steroid dienone is 15. The van der Waals surface area contributed by atoms with Crippen LogP contribution in [0.1, 0.15) is 309 Å². The molecule has 2 rings (SSSR count). The van der Waals surface area contributed by atoms with E-state index < -0.39 is 86.8 Å². The molecule has 1 amide bonds. The molecule has 0 saturated carbocycles. The molecule has 2 heterocycles. The van der Waals surface area contributed by atoms with Gasteiger partial charge in [0.1, 0.15) is 48.8 Å². The highest BCUT2D eigenvalue weighted by Crippen LogP contribution is 2.30. The van der Waals surface area contributed by atoms with Gasteiger partial charge in [-0.05, 0) is 77.0 Å². The fraction of sp³-hybridized carbons (Fsp3) is 0.787. The molecule has 14 nitrogen and oxygen atoms in total. The molecule has 544 valence electrons. The third-order valence-corrected chi connectivity index (χ3v) is 18.3. The van der Waals surface area contributed by atoms with Crippen molar-refractivity contribution in [2.45, 2.75) is 383 Å². The van der Waals surface area contributed by atoms with Crippen LogP contribution in [-0.4, -0.2) is 140 Å². The molecule has 0 aliphatic carbocycles. The Bertz CT molecular complexity index is 1950. The average Bonchev–Trinajstić information content (AvgIpc) is 0.794. The third kappa shape index (κ3) is 46.2. The number of ether oxygens (including phenoxy) is 4. The van der Waals surface area contributed by atoms with Crippen molar-refractivity contribution in [3.8, 4) is 0 Å². The summed E-state index contributed by atoms with van der Waals surface area (Å²) in [7, 11) is 0. The van der Waals surface area contributed by atoms with Gasteiger partial charge in [-0.15, -0.1) is 0 Å². The lowest BCUT2D eigenvalue weighted by Gasteiger charge is -2.46. The zero-order valence-corrected chi connectivity index (χ0v) is 59.4. The summed E-state index contributed by atoms with van der Waals surface area (Å²) < 4.78 is 22.9. The summed E-state index contributed by atoms with van der Waals surface area (Å²) in [6.45, 7) is 2.72. The van der Waals surface area contributed by atoms with E-state index in [0.717, 1.165) is 89.9 Å². The van der Waals surface area contributed by atoms with Crippen LogP contribution in [0.3, 0.4) is 0 Å². The van der Waals surface area contributed by atoms with E-state index in [2.05, 4.69) is 104 Å². The maximum Gasteiger partial charge on any atom is 0.220 e. The molecule has 2 aliphatic rings. The zero-order valence-electron chi connectivity index (χ0n) is 59.4. The fourth-order valence-electron chi connectivity index (χ4n) is 12.2. The van der Waals surface area contributed by atoms with E-state index in [-0.39, 0.29) is 18.9 Å². The van der Waals surface area contributed by atoms with Crippen LogP contribution < -0.4 is 5.32 Å². The van der Waals surface area contributed by atoms with E-state index in [1.165, 1.54) is 193 Å². The van der Waals surface area contributed by atoms with E-state index in [4.69, 9.17) is 18.9 Å². The van der Waals surface area contributed by atoms with Crippen molar-refractivity contribution in [2.75, 3.05) is 19.8 Å². The van der Waals surface area contributed by atoms with Gasteiger partial charge in [-0.2, -0.15) is 0 Å². The molecule has 0 radical (unpaired) electrons. The smallest absolute Gasteiger partial charge is 0.220 e. The number of rotatable bonds is 63. The SMILES string of the molecule is CC/C=C\C/C=C\C/C=C\C/C=C\C/C=C\C/C=C\C/C=C\CCCCCCCCCCCCCC(=O)NC(COC1OC(CO)C(OC2OC(CO)C(O)C(O)C2O)C(O)C1O)C(O)/C=C/CCCCCCCCCCCCCCCCCCCCCCCCCCC. The number of unbranched alkanes of at least 4 members (excludes halogenated alkanes) is 36. The molecule has 9 N–H and O–H groups in total.